The highest BCUT2D eigenvalue weighted by molar-refractivity contribution is 8.00. The van der Waals surface area contributed by atoms with Crippen molar-refractivity contribution >= 4 is 29.1 Å². The van der Waals surface area contributed by atoms with Crippen molar-refractivity contribution in [3.63, 3.8) is 0 Å². The Bertz CT molecular complexity index is 421. The first kappa shape index (κ1) is 12.7. The molecule has 1 aromatic rings. The lowest BCUT2D eigenvalue weighted by Crippen LogP contribution is -2.31. The summed E-state index contributed by atoms with van der Waals surface area (Å²) in [7, 11) is 0. The van der Waals surface area contributed by atoms with Crippen molar-refractivity contribution in [3.8, 4) is 5.75 Å². The van der Waals surface area contributed by atoms with Crippen molar-refractivity contribution in [2.45, 2.75) is 12.5 Å². The summed E-state index contributed by atoms with van der Waals surface area (Å²) >= 11 is 7.93. The molecule has 92 valence electrons. The SMILES string of the molecule is NCCC(=O)c1ccc(OC2CSC2)c(Cl)c1. The lowest BCUT2D eigenvalue weighted by atomic mass is 10.1. The number of thioether (sulfide) groups is 1. The van der Waals surface area contributed by atoms with Crippen LogP contribution in [0.25, 0.3) is 0 Å². The molecule has 1 saturated heterocycles. The van der Waals surface area contributed by atoms with Gasteiger partial charge in [0.15, 0.2) is 5.78 Å². The highest BCUT2D eigenvalue weighted by Gasteiger charge is 2.21. The lowest BCUT2D eigenvalue weighted by Gasteiger charge is -2.26. The lowest BCUT2D eigenvalue weighted by molar-refractivity contribution is 0.0985. The van der Waals surface area contributed by atoms with Crippen molar-refractivity contribution in [2.24, 2.45) is 5.73 Å². The van der Waals surface area contributed by atoms with Crippen molar-refractivity contribution in [1.82, 2.24) is 0 Å². The predicted molar refractivity (Wildman–Crippen MR) is 71.2 cm³/mol. The molecule has 0 aromatic heterocycles. The molecule has 17 heavy (non-hydrogen) atoms. The minimum atomic E-state index is 0.0140. The normalized spacial score (nSPS) is 15.4. The molecule has 1 aromatic carbocycles. The van der Waals surface area contributed by atoms with E-state index in [9.17, 15) is 4.79 Å². The van der Waals surface area contributed by atoms with E-state index in [4.69, 9.17) is 22.1 Å². The molecule has 0 aliphatic carbocycles. The number of halogens is 1. The van der Waals surface area contributed by atoms with Gasteiger partial charge in [-0.05, 0) is 24.7 Å². The Balaban J connectivity index is 2.07. The molecule has 0 atom stereocenters. The average Bonchev–Trinajstić information content (AvgIpc) is 2.25. The maximum atomic E-state index is 11.6. The average molecular weight is 272 g/mol. The van der Waals surface area contributed by atoms with Gasteiger partial charge in [-0.25, -0.2) is 0 Å². The molecular weight excluding hydrogens is 258 g/mol. The number of nitrogens with two attached hydrogens (primary N) is 1. The van der Waals surface area contributed by atoms with Crippen molar-refractivity contribution < 1.29 is 9.53 Å². The summed E-state index contributed by atoms with van der Waals surface area (Å²) in [6, 6.07) is 5.15. The Kier molecular flexibility index (Phi) is 4.31. The highest BCUT2D eigenvalue weighted by Crippen LogP contribution is 2.30. The molecule has 2 N–H and O–H groups in total. The minimum absolute atomic E-state index is 0.0140. The van der Waals surface area contributed by atoms with E-state index in [1.165, 1.54) is 0 Å². The van der Waals surface area contributed by atoms with Crippen LogP contribution in [-0.2, 0) is 0 Å². The van der Waals surface area contributed by atoms with E-state index in [-0.39, 0.29) is 11.9 Å². The molecule has 0 bridgehead atoms. The van der Waals surface area contributed by atoms with Crippen LogP contribution in [0.4, 0.5) is 0 Å². The monoisotopic (exact) mass is 271 g/mol. The first-order valence-electron chi connectivity index (χ1n) is 5.48. The number of rotatable bonds is 5. The molecule has 0 spiro atoms. The van der Waals surface area contributed by atoms with Gasteiger partial charge in [0.2, 0.25) is 0 Å². The number of Topliss-reactive ketones (excluding diaryl/α,β-unsaturated/α-hetero) is 1. The Morgan fingerprint density at radius 3 is 2.82 bits per heavy atom. The zero-order valence-electron chi connectivity index (χ0n) is 9.32. The van der Waals surface area contributed by atoms with Gasteiger partial charge in [0.1, 0.15) is 11.9 Å². The van der Waals surface area contributed by atoms with E-state index in [1.54, 1.807) is 18.2 Å². The van der Waals surface area contributed by atoms with E-state index >= 15 is 0 Å². The van der Waals surface area contributed by atoms with E-state index in [2.05, 4.69) is 0 Å². The van der Waals surface area contributed by atoms with Crippen molar-refractivity contribution in [2.75, 3.05) is 18.1 Å². The van der Waals surface area contributed by atoms with Gasteiger partial charge in [-0.2, -0.15) is 11.8 Å². The molecule has 1 heterocycles. The summed E-state index contributed by atoms with van der Waals surface area (Å²) in [5, 5.41) is 0.491. The van der Waals surface area contributed by atoms with Crippen LogP contribution in [0.5, 0.6) is 5.75 Å². The van der Waals surface area contributed by atoms with E-state index in [1.807, 2.05) is 11.8 Å². The molecule has 0 unspecified atom stereocenters. The first-order valence-corrected chi connectivity index (χ1v) is 7.01. The van der Waals surface area contributed by atoms with Crippen molar-refractivity contribution in [1.29, 1.82) is 0 Å². The first-order chi connectivity index (χ1) is 8.20. The summed E-state index contributed by atoms with van der Waals surface area (Å²) in [6.07, 6.45) is 0.596. The molecule has 5 heteroatoms. The summed E-state index contributed by atoms with van der Waals surface area (Å²) in [4.78, 5) is 11.6. The highest BCUT2D eigenvalue weighted by atomic mass is 35.5. The Labute approximate surface area is 110 Å². The fourth-order valence-electron chi connectivity index (χ4n) is 1.51. The molecule has 0 radical (unpaired) electrons. The number of ether oxygens (including phenoxy) is 1. The second kappa shape index (κ2) is 5.76. The molecular formula is C12H14ClNO2S. The zero-order valence-corrected chi connectivity index (χ0v) is 10.9. The summed E-state index contributed by atoms with van der Waals surface area (Å²) < 4.78 is 5.69. The summed E-state index contributed by atoms with van der Waals surface area (Å²) in [5.41, 5.74) is 5.94. The molecule has 1 aliphatic heterocycles. The molecule has 3 nitrogen and oxygen atoms in total. The van der Waals surface area contributed by atoms with Gasteiger partial charge in [-0.1, -0.05) is 11.6 Å². The Hall–Kier alpha value is -0.710. The topological polar surface area (TPSA) is 52.3 Å². The Morgan fingerprint density at radius 1 is 1.53 bits per heavy atom. The van der Waals surface area contributed by atoms with Gasteiger partial charge in [0.05, 0.1) is 5.02 Å². The number of carbonyl (C=O) groups is 1. The molecule has 1 aliphatic rings. The maximum absolute atomic E-state index is 11.6. The van der Waals surface area contributed by atoms with Crippen LogP contribution in [-0.4, -0.2) is 29.9 Å². The van der Waals surface area contributed by atoms with E-state index in [0.29, 0.717) is 29.3 Å². The quantitative estimate of drug-likeness (QED) is 0.836. The second-order valence-corrected chi connectivity index (χ2v) is 5.37. The van der Waals surface area contributed by atoms with Gasteiger partial charge in [0, 0.05) is 23.5 Å². The largest absolute Gasteiger partial charge is 0.487 e. The van der Waals surface area contributed by atoms with Crippen LogP contribution < -0.4 is 10.5 Å². The van der Waals surface area contributed by atoms with Gasteiger partial charge in [-0.3, -0.25) is 4.79 Å². The van der Waals surface area contributed by atoms with E-state index in [0.717, 1.165) is 11.5 Å². The number of carbonyl (C=O) groups excluding carboxylic acids is 1. The second-order valence-electron chi connectivity index (χ2n) is 3.88. The standard InChI is InChI=1S/C12H14ClNO2S/c13-10-5-8(11(15)3-4-14)1-2-12(10)16-9-6-17-7-9/h1-2,5,9H,3-4,6-7,14H2. The smallest absolute Gasteiger partial charge is 0.164 e. The summed E-state index contributed by atoms with van der Waals surface area (Å²) in [6.45, 7) is 0.355. The third-order valence-corrected chi connectivity index (χ3v) is 4.04. The summed E-state index contributed by atoms with van der Waals surface area (Å²) in [5.74, 6) is 2.68. The number of hydrogen-bond donors (Lipinski definition) is 1. The fraction of sp³-hybridized carbons (Fsp3) is 0.417. The van der Waals surface area contributed by atoms with Crippen LogP contribution in [0.2, 0.25) is 5.02 Å². The number of benzene rings is 1. The molecule has 1 fully saturated rings. The van der Waals surface area contributed by atoms with Gasteiger partial charge < -0.3 is 10.5 Å². The molecule has 2 rings (SSSR count). The van der Waals surface area contributed by atoms with Crippen LogP contribution >= 0.6 is 23.4 Å². The predicted octanol–water partition coefficient (Wildman–Crippen LogP) is 2.37. The third kappa shape index (κ3) is 3.15. The van der Waals surface area contributed by atoms with Gasteiger partial charge in [0.25, 0.3) is 0 Å². The van der Waals surface area contributed by atoms with Gasteiger partial charge in [-0.15, -0.1) is 0 Å². The molecule has 0 amide bonds. The Morgan fingerprint density at radius 2 is 2.29 bits per heavy atom. The van der Waals surface area contributed by atoms with Gasteiger partial charge >= 0.3 is 0 Å². The zero-order chi connectivity index (χ0) is 12.3. The number of hydrogen-bond acceptors (Lipinski definition) is 4. The van der Waals surface area contributed by atoms with Crippen molar-refractivity contribution in [3.05, 3.63) is 28.8 Å². The fourth-order valence-corrected chi connectivity index (χ4v) is 2.30. The third-order valence-electron chi connectivity index (χ3n) is 2.53. The van der Waals surface area contributed by atoms with Crippen LogP contribution in [0.1, 0.15) is 16.8 Å². The van der Waals surface area contributed by atoms with E-state index < -0.39 is 0 Å². The minimum Gasteiger partial charge on any atom is -0.487 e. The number of ketones is 1. The molecule has 0 saturated carbocycles. The van der Waals surface area contributed by atoms with Crippen LogP contribution in [0.3, 0.4) is 0 Å². The van der Waals surface area contributed by atoms with Crippen LogP contribution in [0.15, 0.2) is 18.2 Å². The maximum Gasteiger partial charge on any atom is 0.164 e. The van der Waals surface area contributed by atoms with Crippen LogP contribution in [0, 0.1) is 0 Å².